The Morgan fingerprint density at radius 3 is 2.85 bits per heavy atom. The number of methoxy groups -OCH3 is 1. The van der Waals surface area contributed by atoms with E-state index in [4.69, 9.17) is 18.8 Å². The average molecular weight is 370 g/mol. The molecule has 0 saturated heterocycles. The number of benzene rings is 1. The molecule has 0 radical (unpaired) electrons. The number of ether oxygens (including phenoxy) is 2. The predicted molar refractivity (Wildman–Crippen MR) is 100 cm³/mol. The summed E-state index contributed by atoms with van der Waals surface area (Å²) in [6, 6.07) is 8.96. The van der Waals surface area contributed by atoms with Crippen LogP contribution in [0.15, 0.2) is 53.1 Å². The molecule has 1 atom stereocenters. The molecule has 0 saturated carbocycles. The van der Waals surface area contributed by atoms with Crippen LogP contribution in [0.25, 0.3) is 5.57 Å². The third-order valence-corrected chi connectivity index (χ3v) is 4.20. The van der Waals surface area contributed by atoms with E-state index >= 15 is 0 Å². The van der Waals surface area contributed by atoms with Gasteiger partial charge < -0.3 is 14.0 Å². The van der Waals surface area contributed by atoms with E-state index in [0.29, 0.717) is 17.6 Å². The van der Waals surface area contributed by atoms with Gasteiger partial charge in [-0.2, -0.15) is 5.06 Å². The molecule has 7 heteroatoms. The Bertz CT molecular complexity index is 856. The van der Waals surface area contributed by atoms with Gasteiger partial charge in [0.2, 0.25) is 0 Å². The summed E-state index contributed by atoms with van der Waals surface area (Å²) in [4.78, 5) is 17.0. The molecule has 0 fully saturated rings. The molecule has 1 aliphatic carbocycles. The van der Waals surface area contributed by atoms with Crippen molar-refractivity contribution in [2.75, 3.05) is 19.3 Å². The second-order valence-electron chi connectivity index (χ2n) is 6.13. The molecular weight excluding hydrogens is 348 g/mol. The van der Waals surface area contributed by atoms with Crippen molar-refractivity contribution in [3.8, 4) is 5.95 Å². The molecule has 142 valence electrons. The summed E-state index contributed by atoms with van der Waals surface area (Å²) < 4.78 is 15.7. The highest BCUT2D eigenvalue weighted by molar-refractivity contribution is 5.86. The van der Waals surface area contributed by atoms with Crippen LogP contribution in [0, 0.1) is 5.92 Å². The summed E-state index contributed by atoms with van der Waals surface area (Å²) in [5, 5.41) is 5.12. The summed E-state index contributed by atoms with van der Waals surface area (Å²) >= 11 is 0. The van der Waals surface area contributed by atoms with E-state index in [2.05, 4.69) is 24.2 Å². The quantitative estimate of drug-likeness (QED) is 0.703. The van der Waals surface area contributed by atoms with Gasteiger partial charge in [0, 0.05) is 5.56 Å². The number of carbonyl (C=O) groups is 1. The van der Waals surface area contributed by atoms with Crippen LogP contribution in [0.2, 0.25) is 0 Å². The number of allylic oxidation sites excluding steroid dienone is 4. The summed E-state index contributed by atoms with van der Waals surface area (Å²) in [5.74, 6) is 0.834. The highest BCUT2D eigenvalue weighted by atomic mass is 16.7. The first-order chi connectivity index (χ1) is 13.1. The van der Waals surface area contributed by atoms with E-state index in [9.17, 15) is 4.79 Å². The third kappa shape index (κ3) is 4.38. The summed E-state index contributed by atoms with van der Waals surface area (Å²) in [6.07, 6.45) is 6.67. The normalized spacial score (nSPS) is 16.0. The van der Waals surface area contributed by atoms with E-state index in [1.54, 1.807) is 18.2 Å². The fourth-order valence-corrected chi connectivity index (χ4v) is 2.71. The number of nitrogens with zero attached hydrogens (tertiary/aromatic N) is 2. The highest BCUT2D eigenvalue weighted by Gasteiger charge is 2.20. The van der Waals surface area contributed by atoms with E-state index in [1.165, 1.54) is 14.2 Å². The molecule has 0 bridgehead atoms. The van der Waals surface area contributed by atoms with Crippen LogP contribution >= 0.6 is 0 Å². The second kappa shape index (κ2) is 8.55. The van der Waals surface area contributed by atoms with Crippen LogP contribution in [-0.4, -0.2) is 25.5 Å². The highest BCUT2D eigenvalue weighted by Crippen LogP contribution is 2.27. The van der Waals surface area contributed by atoms with Crippen molar-refractivity contribution >= 4 is 17.4 Å². The van der Waals surface area contributed by atoms with E-state index < -0.39 is 6.09 Å². The number of para-hydroxylation sites is 1. The molecule has 2 aromatic rings. The number of amides is 1. The molecular formula is C20H22N2O5. The van der Waals surface area contributed by atoms with Gasteiger partial charge in [0.05, 0.1) is 26.0 Å². The molecule has 27 heavy (non-hydrogen) atoms. The standard InChI is InChI=1S/C20H22N2O5/c1-14-8-10-15(11-9-14)17-12-19(27-21-17)26-13-16-6-4-5-7-18(16)22(25-3)20(23)24-2/h4-8,10-12,14H,9,13H2,1-3H3. The Labute approximate surface area is 157 Å². The summed E-state index contributed by atoms with van der Waals surface area (Å²) in [7, 11) is 2.68. The van der Waals surface area contributed by atoms with Gasteiger partial charge in [0.25, 0.3) is 0 Å². The van der Waals surface area contributed by atoms with E-state index in [-0.39, 0.29) is 6.61 Å². The van der Waals surface area contributed by atoms with Gasteiger partial charge in [-0.05, 0) is 24.0 Å². The molecule has 1 aliphatic rings. The maximum absolute atomic E-state index is 11.9. The van der Waals surface area contributed by atoms with Gasteiger partial charge >= 0.3 is 12.0 Å². The van der Waals surface area contributed by atoms with Crippen LogP contribution < -0.4 is 9.80 Å². The number of carbonyl (C=O) groups excluding carboxylic acids is 1. The Morgan fingerprint density at radius 1 is 1.33 bits per heavy atom. The monoisotopic (exact) mass is 370 g/mol. The van der Waals surface area contributed by atoms with E-state index in [0.717, 1.165) is 28.3 Å². The molecule has 1 amide bonds. The first-order valence-corrected chi connectivity index (χ1v) is 8.60. The zero-order valence-electron chi connectivity index (χ0n) is 15.5. The largest absolute Gasteiger partial charge is 0.459 e. The van der Waals surface area contributed by atoms with Crippen molar-refractivity contribution in [3.63, 3.8) is 0 Å². The Kier molecular flexibility index (Phi) is 5.93. The Hall–Kier alpha value is -3.06. The molecule has 1 aromatic carbocycles. The van der Waals surface area contributed by atoms with Crippen molar-refractivity contribution in [1.29, 1.82) is 0 Å². The second-order valence-corrected chi connectivity index (χ2v) is 6.13. The number of anilines is 1. The first-order valence-electron chi connectivity index (χ1n) is 8.60. The maximum atomic E-state index is 11.9. The predicted octanol–water partition coefficient (Wildman–Crippen LogP) is 4.37. The lowest BCUT2D eigenvalue weighted by Crippen LogP contribution is -2.30. The minimum atomic E-state index is -0.628. The number of rotatable bonds is 6. The molecule has 3 rings (SSSR count). The van der Waals surface area contributed by atoms with Crippen molar-refractivity contribution < 1.29 is 23.6 Å². The van der Waals surface area contributed by atoms with Crippen molar-refractivity contribution in [3.05, 3.63) is 59.8 Å². The molecule has 0 N–H and O–H groups in total. The number of hydrogen-bond donors (Lipinski definition) is 0. The minimum absolute atomic E-state index is 0.174. The summed E-state index contributed by atoms with van der Waals surface area (Å²) in [5.41, 5.74) is 3.00. The molecule has 7 nitrogen and oxygen atoms in total. The zero-order valence-corrected chi connectivity index (χ0v) is 15.5. The smallest absolute Gasteiger partial charge is 0.438 e. The molecule has 1 unspecified atom stereocenters. The van der Waals surface area contributed by atoms with Gasteiger partial charge in [-0.25, -0.2) is 4.79 Å². The zero-order chi connectivity index (χ0) is 19.2. The van der Waals surface area contributed by atoms with Crippen molar-refractivity contribution in [1.82, 2.24) is 5.16 Å². The fraction of sp³-hybridized carbons (Fsp3) is 0.300. The number of hydroxylamine groups is 1. The van der Waals surface area contributed by atoms with Crippen LogP contribution in [-0.2, 0) is 16.2 Å². The average Bonchev–Trinajstić information content (AvgIpc) is 3.17. The van der Waals surface area contributed by atoms with Gasteiger partial charge in [-0.15, -0.1) is 0 Å². The van der Waals surface area contributed by atoms with Crippen LogP contribution in [0.5, 0.6) is 5.95 Å². The van der Waals surface area contributed by atoms with Crippen molar-refractivity contribution in [2.45, 2.75) is 20.0 Å². The van der Waals surface area contributed by atoms with Gasteiger partial charge in [-0.3, -0.25) is 4.84 Å². The molecule has 1 aromatic heterocycles. The number of aromatic nitrogens is 1. The molecule has 1 heterocycles. The molecule has 0 spiro atoms. The fourth-order valence-electron chi connectivity index (χ4n) is 2.71. The van der Waals surface area contributed by atoms with Crippen LogP contribution in [0.4, 0.5) is 10.5 Å². The Morgan fingerprint density at radius 2 is 2.15 bits per heavy atom. The summed E-state index contributed by atoms with van der Waals surface area (Å²) in [6.45, 7) is 2.34. The van der Waals surface area contributed by atoms with Crippen LogP contribution in [0.3, 0.4) is 0 Å². The minimum Gasteiger partial charge on any atom is -0.459 e. The topological polar surface area (TPSA) is 74.0 Å². The number of hydrogen-bond acceptors (Lipinski definition) is 6. The Balaban J connectivity index is 1.71. The van der Waals surface area contributed by atoms with E-state index in [1.807, 2.05) is 18.2 Å². The maximum Gasteiger partial charge on any atom is 0.438 e. The lowest BCUT2D eigenvalue weighted by atomic mass is 9.97. The molecule has 0 aliphatic heterocycles. The lowest BCUT2D eigenvalue weighted by molar-refractivity contribution is 0.115. The van der Waals surface area contributed by atoms with Gasteiger partial charge in [-0.1, -0.05) is 48.5 Å². The van der Waals surface area contributed by atoms with Gasteiger partial charge in [0.1, 0.15) is 12.3 Å². The SMILES string of the molecule is COC(=O)N(OC)c1ccccc1COc1cc(C2=CCC(C)C=C2)no1. The van der Waals surface area contributed by atoms with Crippen LogP contribution in [0.1, 0.15) is 24.6 Å². The third-order valence-electron chi connectivity index (χ3n) is 4.20. The van der Waals surface area contributed by atoms with Crippen molar-refractivity contribution in [2.24, 2.45) is 5.92 Å². The lowest BCUT2D eigenvalue weighted by Gasteiger charge is -2.20. The van der Waals surface area contributed by atoms with Gasteiger partial charge in [0.15, 0.2) is 0 Å². The first kappa shape index (κ1) is 18.7.